The third-order valence-corrected chi connectivity index (χ3v) is 7.63. The molecule has 3 nitrogen and oxygen atoms in total. The van der Waals surface area contributed by atoms with E-state index >= 15 is 0 Å². The van der Waals surface area contributed by atoms with E-state index in [1.807, 2.05) is 12.1 Å². The van der Waals surface area contributed by atoms with E-state index in [9.17, 15) is 5.11 Å². The van der Waals surface area contributed by atoms with Gasteiger partial charge >= 0.3 is 0 Å². The molecule has 0 spiro atoms. The number of aromatic hydroxyl groups is 1. The smallest absolute Gasteiger partial charge is 0.115 e. The van der Waals surface area contributed by atoms with Gasteiger partial charge in [0, 0.05) is 17.4 Å². The molecule has 0 aliphatic heterocycles. The summed E-state index contributed by atoms with van der Waals surface area (Å²) in [5.41, 5.74) is 5.98. The highest BCUT2D eigenvalue weighted by Gasteiger charge is 2.38. The predicted molar refractivity (Wildman–Crippen MR) is 143 cm³/mol. The van der Waals surface area contributed by atoms with Crippen molar-refractivity contribution in [2.75, 3.05) is 0 Å². The van der Waals surface area contributed by atoms with Gasteiger partial charge in [-0.15, -0.1) is 0 Å². The molecule has 1 saturated carbocycles. The fraction of sp³-hybridized carbons (Fsp3) is 0.484. The van der Waals surface area contributed by atoms with Gasteiger partial charge < -0.3 is 15.4 Å². The van der Waals surface area contributed by atoms with Gasteiger partial charge in [-0.2, -0.15) is 0 Å². The van der Waals surface area contributed by atoms with E-state index in [2.05, 4.69) is 60.5 Å². The van der Waals surface area contributed by atoms with Crippen molar-refractivity contribution < 1.29 is 5.11 Å². The highest BCUT2D eigenvalue weighted by molar-refractivity contribution is 5.64. The van der Waals surface area contributed by atoms with Gasteiger partial charge in [-0.3, -0.25) is 0 Å². The third-order valence-electron chi connectivity index (χ3n) is 7.63. The van der Waals surface area contributed by atoms with Crippen LogP contribution in [0.15, 0.2) is 60.7 Å². The first-order chi connectivity index (χ1) is 16.6. The quantitative estimate of drug-likeness (QED) is 0.253. The minimum Gasteiger partial charge on any atom is -0.508 e. The molecule has 34 heavy (non-hydrogen) atoms. The number of phenolic OH excluding ortho intramolecular Hbond substituents is 1. The van der Waals surface area contributed by atoms with Crippen molar-refractivity contribution in [2.45, 2.75) is 96.1 Å². The van der Waals surface area contributed by atoms with Crippen molar-refractivity contribution in [2.24, 2.45) is 0 Å². The summed E-state index contributed by atoms with van der Waals surface area (Å²) in [5, 5.41) is 14.0. The van der Waals surface area contributed by atoms with Crippen LogP contribution >= 0.6 is 0 Å². The zero-order valence-electron chi connectivity index (χ0n) is 21.1. The Hall–Kier alpha value is -2.52. The van der Waals surface area contributed by atoms with Gasteiger partial charge in [0.05, 0.1) is 5.54 Å². The second-order valence-corrected chi connectivity index (χ2v) is 10.2. The predicted octanol–water partition coefficient (Wildman–Crippen LogP) is 8.22. The molecule has 1 heterocycles. The van der Waals surface area contributed by atoms with Crippen LogP contribution in [0.4, 0.5) is 0 Å². The van der Waals surface area contributed by atoms with E-state index in [-0.39, 0.29) is 5.54 Å². The largest absolute Gasteiger partial charge is 0.508 e. The van der Waals surface area contributed by atoms with Crippen LogP contribution in [-0.4, -0.2) is 16.1 Å². The number of phenols is 1. The van der Waals surface area contributed by atoms with Crippen LogP contribution in [0.25, 0.3) is 11.3 Å². The standard InChI is InChI=1S/C31H42N2O/c1-3-4-5-6-13-22-31(26-14-9-7-10-15-26,33-27-16-11-8-12-17-27)29-23-30(32-24(29)2)25-18-20-28(34)21-19-25/h7,9-10,14-15,18-21,23,27,32-34H,3-6,8,11-13,16-17,22H2,1-2H3. The zero-order valence-corrected chi connectivity index (χ0v) is 21.1. The highest BCUT2D eigenvalue weighted by Crippen LogP contribution is 2.40. The second-order valence-electron chi connectivity index (χ2n) is 10.2. The SMILES string of the molecule is CCCCCCCC(NC1CCCCC1)(c1ccccc1)c1cc(-c2ccc(O)cc2)[nH]c1C. The van der Waals surface area contributed by atoms with Crippen molar-refractivity contribution in [3.8, 4) is 17.0 Å². The second kappa shape index (κ2) is 11.8. The molecule has 1 aliphatic rings. The molecule has 3 aromatic rings. The lowest BCUT2D eigenvalue weighted by Gasteiger charge is -2.41. The summed E-state index contributed by atoms with van der Waals surface area (Å²) in [7, 11) is 0. The summed E-state index contributed by atoms with van der Waals surface area (Å²) in [6.45, 7) is 4.50. The number of aromatic amines is 1. The number of benzene rings is 2. The average molecular weight is 459 g/mol. The Morgan fingerprint density at radius 3 is 2.32 bits per heavy atom. The van der Waals surface area contributed by atoms with Gasteiger partial charge in [0.2, 0.25) is 0 Å². The molecule has 0 bridgehead atoms. The first-order valence-corrected chi connectivity index (χ1v) is 13.4. The maximum Gasteiger partial charge on any atom is 0.115 e. The van der Waals surface area contributed by atoms with Crippen LogP contribution in [0.1, 0.15) is 94.4 Å². The number of aromatic nitrogens is 1. The Morgan fingerprint density at radius 2 is 1.62 bits per heavy atom. The molecule has 4 rings (SSSR count). The topological polar surface area (TPSA) is 48.0 Å². The lowest BCUT2D eigenvalue weighted by molar-refractivity contribution is 0.265. The Morgan fingerprint density at radius 1 is 0.912 bits per heavy atom. The summed E-state index contributed by atoms with van der Waals surface area (Å²) < 4.78 is 0. The summed E-state index contributed by atoms with van der Waals surface area (Å²) in [6, 6.07) is 21.6. The number of nitrogens with one attached hydrogen (secondary N) is 2. The lowest BCUT2D eigenvalue weighted by atomic mass is 9.76. The van der Waals surface area contributed by atoms with Crippen LogP contribution in [0.2, 0.25) is 0 Å². The summed E-state index contributed by atoms with van der Waals surface area (Å²) in [5.74, 6) is 0.303. The third kappa shape index (κ3) is 5.75. The lowest BCUT2D eigenvalue weighted by Crippen LogP contribution is -2.49. The van der Waals surface area contributed by atoms with Crippen molar-refractivity contribution in [1.82, 2.24) is 10.3 Å². The van der Waals surface area contributed by atoms with Crippen LogP contribution in [0.3, 0.4) is 0 Å². The average Bonchev–Trinajstić information content (AvgIpc) is 3.27. The molecule has 1 fully saturated rings. The summed E-state index contributed by atoms with van der Waals surface area (Å²) in [6.07, 6.45) is 14.0. The Bertz CT molecular complexity index is 1000. The van der Waals surface area contributed by atoms with Gasteiger partial charge in [0.25, 0.3) is 0 Å². The number of hydrogen-bond donors (Lipinski definition) is 3. The molecular weight excluding hydrogens is 416 g/mol. The van der Waals surface area contributed by atoms with Crippen molar-refractivity contribution in [1.29, 1.82) is 0 Å². The minimum absolute atomic E-state index is 0.203. The van der Waals surface area contributed by atoms with Crippen molar-refractivity contribution in [3.63, 3.8) is 0 Å². The fourth-order valence-electron chi connectivity index (χ4n) is 5.78. The number of aryl methyl sites for hydroxylation is 1. The summed E-state index contributed by atoms with van der Waals surface area (Å²) in [4.78, 5) is 3.68. The molecule has 3 N–H and O–H groups in total. The van der Waals surface area contributed by atoms with Crippen LogP contribution < -0.4 is 5.32 Å². The Labute approximate surface area is 206 Å². The monoisotopic (exact) mass is 458 g/mol. The fourth-order valence-corrected chi connectivity index (χ4v) is 5.78. The maximum atomic E-state index is 9.76. The number of rotatable bonds is 11. The van der Waals surface area contributed by atoms with E-state index in [0.29, 0.717) is 11.8 Å². The molecule has 3 heteroatoms. The molecule has 2 aromatic carbocycles. The molecule has 0 amide bonds. The molecule has 1 aliphatic carbocycles. The maximum absolute atomic E-state index is 9.76. The van der Waals surface area contributed by atoms with Crippen molar-refractivity contribution in [3.05, 3.63) is 77.5 Å². The molecular formula is C31H42N2O. The normalized spacial score (nSPS) is 16.4. The van der Waals surface area contributed by atoms with Gasteiger partial charge in [-0.05, 0) is 73.2 Å². The minimum atomic E-state index is -0.203. The number of unbranched alkanes of at least 4 members (excludes halogenated alkanes) is 4. The van der Waals surface area contributed by atoms with Crippen LogP contribution in [0, 0.1) is 6.92 Å². The molecule has 1 aromatic heterocycles. The molecule has 0 saturated heterocycles. The Kier molecular flexibility index (Phi) is 8.50. The summed E-state index contributed by atoms with van der Waals surface area (Å²) >= 11 is 0. The van der Waals surface area contributed by atoms with E-state index in [4.69, 9.17) is 0 Å². The zero-order chi connectivity index (χ0) is 23.8. The van der Waals surface area contributed by atoms with Crippen molar-refractivity contribution >= 4 is 0 Å². The van der Waals surface area contributed by atoms with Gasteiger partial charge in [-0.25, -0.2) is 0 Å². The molecule has 0 radical (unpaired) electrons. The van der Waals surface area contributed by atoms with E-state index in [1.54, 1.807) is 12.1 Å². The molecule has 1 atom stereocenters. The van der Waals surface area contributed by atoms with Gasteiger partial charge in [0.1, 0.15) is 5.75 Å². The van der Waals surface area contributed by atoms with E-state index in [0.717, 1.165) is 17.7 Å². The van der Waals surface area contributed by atoms with Crippen LogP contribution in [-0.2, 0) is 5.54 Å². The van der Waals surface area contributed by atoms with Gasteiger partial charge in [0.15, 0.2) is 0 Å². The molecule has 1 unspecified atom stereocenters. The Balaban J connectivity index is 1.75. The van der Waals surface area contributed by atoms with Gasteiger partial charge in [-0.1, -0.05) is 88.6 Å². The number of H-pyrrole nitrogens is 1. The first kappa shape index (κ1) is 24.6. The van der Waals surface area contributed by atoms with E-state index < -0.39 is 0 Å². The first-order valence-electron chi connectivity index (χ1n) is 13.4. The highest BCUT2D eigenvalue weighted by atomic mass is 16.3. The van der Waals surface area contributed by atoms with E-state index in [1.165, 1.54) is 81.0 Å². The number of hydrogen-bond acceptors (Lipinski definition) is 2. The molecule has 182 valence electrons. The van der Waals surface area contributed by atoms with Crippen LogP contribution in [0.5, 0.6) is 5.75 Å².